The maximum Gasteiger partial charge on any atom is 0.316 e. The highest BCUT2D eigenvalue weighted by atomic mass is 16.8. The molecule has 0 radical (unpaired) electrons. The van der Waals surface area contributed by atoms with Crippen LogP contribution in [0.5, 0.6) is 0 Å². The van der Waals surface area contributed by atoms with E-state index in [0.29, 0.717) is 58.2 Å². The van der Waals surface area contributed by atoms with Crippen LogP contribution in [0.15, 0.2) is 0 Å². The van der Waals surface area contributed by atoms with Gasteiger partial charge >= 0.3 is 24.1 Å². The summed E-state index contributed by atoms with van der Waals surface area (Å²) in [7, 11) is 4.28. The van der Waals surface area contributed by atoms with Crippen molar-refractivity contribution in [1.82, 2.24) is 14.7 Å². The largest absolute Gasteiger partial charge is 0.465 e. The Morgan fingerprint density at radius 2 is 1.11 bits per heavy atom. The summed E-state index contributed by atoms with van der Waals surface area (Å²) in [6, 6.07) is 0.597. The second kappa shape index (κ2) is 44.5. The van der Waals surface area contributed by atoms with Gasteiger partial charge in [-0.2, -0.15) is 0 Å². The molecule has 0 N–H and O–H groups in total. The Morgan fingerprint density at radius 1 is 0.587 bits per heavy atom. The summed E-state index contributed by atoms with van der Waals surface area (Å²) in [6.45, 7) is 17.8. The fourth-order valence-electron chi connectivity index (χ4n) is 11.4. The molecule has 0 aromatic carbocycles. The molecule has 2 atom stereocenters. The first-order chi connectivity index (χ1) is 36.3. The number of ether oxygens (including phenoxy) is 3. The van der Waals surface area contributed by atoms with Gasteiger partial charge in [0.05, 0.1) is 29.8 Å². The van der Waals surface area contributed by atoms with Gasteiger partial charge in [0.2, 0.25) is 4.92 Å². The van der Waals surface area contributed by atoms with Gasteiger partial charge in [-0.15, -0.1) is 0 Å². The van der Waals surface area contributed by atoms with E-state index in [0.717, 1.165) is 140 Å². The summed E-state index contributed by atoms with van der Waals surface area (Å²) < 4.78 is 17.9. The van der Waals surface area contributed by atoms with Crippen molar-refractivity contribution in [3.05, 3.63) is 4.91 Å². The summed E-state index contributed by atoms with van der Waals surface area (Å²) in [6.07, 6.45) is 41.2. The van der Waals surface area contributed by atoms with Gasteiger partial charge in [0.15, 0.2) is 6.61 Å². The molecule has 75 heavy (non-hydrogen) atoms. The predicted molar refractivity (Wildman–Crippen MR) is 310 cm³/mol. The van der Waals surface area contributed by atoms with Gasteiger partial charge in [0.25, 0.3) is 0 Å². The molecule has 0 unspecified atom stereocenters. The highest BCUT2D eigenvalue weighted by Gasteiger charge is 2.45. The van der Waals surface area contributed by atoms with E-state index in [1.54, 1.807) is 0 Å². The molecule has 0 amide bonds. The number of carbonyl (C=O) groups excluding carboxylic acids is 3. The lowest BCUT2D eigenvalue weighted by Crippen LogP contribution is -2.42. The van der Waals surface area contributed by atoms with Gasteiger partial charge in [-0.25, -0.2) is 9.74 Å². The van der Waals surface area contributed by atoms with E-state index in [2.05, 4.69) is 56.5 Å². The monoisotopic (exact) mass is 1060 g/mol. The molecule has 2 heterocycles. The Morgan fingerprint density at radius 3 is 1.72 bits per heavy atom. The summed E-state index contributed by atoms with van der Waals surface area (Å²) in [5.41, 5.74) is -0.515. The molecule has 0 spiro atoms. The van der Waals surface area contributed by atoms with Crippen molar-refractivity contribution in [3.63, 3.8) is 0 Å². The number of unbranched alkanes of at least 4 members (excludes halogenated alkanes) is 21. The number of hydrogen-bond acceptors (Lipinski definition) is 11. The van der Waals surface area contributed by atoms with Gasteiger partial charge in [0.1, 0.15) is 12.2 Å². The Bertz CT molecular complexity index is 1400. The lowest BCUT2D eigenvalue weighted by atomic mass is 9.87. The fraction of sp³-hybridized carbons (Fsp3) is 0.952. The van der Waals surface area contributed by atoms with Crippen LogP contribution < -0.4 is 0 Å². The van der Waals surface area contributed by atoms with Crippen LogP contribution in [0, 0.1) is 16.2 Å². The fourth-order valence-corrected chi connectivity index (χ4v) is 11.4. The molecule has 2 saturated heterocycles. The van der Waals surface area contributed by atoms with E-state index in [1.165, 1.54) is 116 Å². The summed E-state index contributed by atoms with van der Waals surface area (Å²) in [4.78, 5) is 66.2. The molecule has 12 nitrogen and oxygen atoms in total. The zero-order valence-electron chi connectivity index (χ0n) is 50.5. The van der Waals surface area contributed by atoms with E-state index in [9.17, 15) is 19.3 Å². The van der Waals surface area contributed by atoms with E-state index >= 15 is 0 Å². The van der Waals surface area contributed by atoms with Crippen LogP contribution in [-0.4, -0.2) is 122 Å². The highest BCUT2D eigenvalue weighted by molar-refractivity contribution is 5.75. The third kappa shape index (κ3) is 34.3. The molecule has 2 fully saturated rings. The first kappa shape index (κ1) is 68.8. The SMILES string of the molecule is CCCCCCCCC(CCCCCCCC)OC(=O)CCCCCCCO[N+](=O)[C@@H]1C[C@H](OC(=O)CCN2CCC(N(C)C)CC2)CN1CCCCCCC(C)(C)C(=O)OCCCC(CCCCC)CCCCC. The smallest absolute Gasteiger partial charge is 0.316 e. The van der Waals surface area contributed by atoms with E-state index < -0.39 is 11.6 Å². The van der Waals surface area contributed by atoms with Crippen molar-refractivity contribution in [2.75, 3.05) is 60.0 Å². The van der Waals surface area contributed by atoms with Crippen molar-refractivity contribution in [3.8, 4) is 0 Å². The average Bonchev–Trinajstić information content (AvgIpc) is 3.80. The molecular formula is C63H121N4O8+. The molecule has 0 aromatic heterocycles. The number of hydrogen-bond donors (Lipinski definition) is 0. The van der Waals surface area contributed by atoms with E-state index in [-0.39, 0.29) is 30.1 Å². The Hall–Kier alpha value is -2.31. The second-order valence-electron chi connectivity index (χ2n) is 24.2. The van der Waals surface area contributed by atoms with Crippen LogP contribution >= 0.6 is 0 Å². The van der Waals surface area contributed by atoms with Gasteiger partial charge in [0, 0.05) is 32.1 Å². The second-order valence-corrected chi connectivity index (χ2v) is 24.2. The van der Waals surface area contributed by atoms with Gasteiger partial charge in [-0.1, -0.05) is 175 Å². The predicted octanol–water partition coefficient (Wildman–Crippen LogP) is 15.9. The maximum absolute atomic E-state index is 13.6. The van der Waals surface area contributed by atoms with Crippen molar-refractivity contribution in [1.29, 1.82) is 0 Å². The van der Waals surface area contributed by atoms with Crippen LogP contribution in [0.4, 0.5) is 0 Å². The third-order valence-electron chi connectivity index (χ3n) is 16.6. The number of likely N-dealkylation sites (tertiary alicyclic amines) is 2. The molecular weight excluding hydrogens is 941 g/mol. The summed E-state index contributed by atoms with van der Waals surface area (Å²) >= 11 is 0. The molecule has 0 aromatic rings. The van der Waals surface area contributed by atoms with Crippen molar-refractivity contribution < 1.29 is 38.4 Å². The van der Waals surface area contributed by atoms with Gasteiger partial charge in [-0.3, -0.25) is 14.4 Å². The topological polar surface area (TPSA) is 118 Å². The maximum atomic E-state index is 13.6. The minimum absolute atomic E-state index is 0.0475. The van der Waals surface area contributed by atoms with Crippen LogP contribution in [0.25, 0.3) is 0 Å². The summed E-state index contributed by atoms with van der Waals surface area (Å²) in [5.74, 6) is 0.419. The number of esters is 3. The minimum atomic E-state index is -0.515. The molecule has 440 valence electrons. The van der Waals surface area contributed by atoms with Gasteiger partial charge in [-0.05, 0) is 130 Å². The first-order valence-electron chi connectivity index (χ1n) is 32.1. The summed E-state index contributed by atoms with van der Waals surface area (Å²) in [5, 5.41) is 0. The first-order valence-corrected chi connectivity index (χ1v) is 32.1. The minimum Gasteiger partial charge on any atom is -0.465 e. The highest BCUT2D eigenvalue weighted by Crippen LogP contribution is 2.29. The molecule has 12 heteroatoms. The molecule has 0 saturated carbocycles. The number of nitrogens with zero attached hydrogens (tertiary/aromatic N) is 4. The Labute approximate surface area is 461 Å². The van der Waals surface area contributed by atoms with Crippen LogP contribution in [0.3, 0.4) is 0 Å². The zero-order chi connectivity index (χ0) is 54.8. The molecule has 0 aliphatic carbocycles. The van der Waals surface area contributed by atoms with Crippen LogP contribution in [-0.2, 0) is 33.4 Å². The molecule has 2 aliphatic heterocycles. The van der Waals surface area contributed by atoms with Crippen molar-refractivity contribution >= 4 is 17.9 Å². The quantitative estimate of drug-likeness (QED) is 0.0251. The van der Waals surface area contributed by atoms with Crippen molar-refractivity contribution in [2.24, 2.45) is 11.3 Å². The van der Waals surface area contributed by atoms with E-state index in [1.807, 2.05) is 13.8 Å². The normalized spacial score (nSPS) is 16.9. The van der Waals surface area contributed by atoms with Gasteiger partial charge < -0.3 is 24.0 Å². The molecule has 0 bridgehead atoms. The van der Waals surface area contributed by atoms with Crippen molar-refractivity contribution in [2.45, 2.75) is 316 Å². The van der Waals surface area contributed by atoms with Crippen LogP contribution in [0.2, 0.25) is 0 Å². The third-order valence-corrected chi connectivity index (χ3v) is 16.6. The van der Waals surface area contributed by atoms with E-state index in [4.69, 9.17) is 19.0 Å². The van der Waals surface area contributed by atoms with Crippen LogP contribution in [0.1, 0.15) is 292 Å². The lowest BCUT2D eigenvalue weighted by molar-refractivity contribution is -0.837. The Balaban J connectivity index is 1.79. The average molecular weight is 1060 g/mol. The lowest BCUT2D eigenvalue weighted by Gasteiger charge is -2.35. The molecule has 2 aliphatic rings. The zero-order valence-corrected chi connectivity index (χ0v) is 50.5. The number of piperidine rings is 1. The standard InChI is InChI=1S/C63H121N4O8/c1-9-13-17-19-22-30-40-57(41-31-23-20-18-14-10-2)74-60(68)42-32-24-21-27-35-52-73-67(71)59-53-58(75-61(69)45-50-65-48-43-56(44-49-65)64(7)8)54-66(59)47-34-26-25-33-46-63(5,6)62(70)72-51-36-39-55(37-28-15-11-3)38-29-16-12-4/h55-59H,9-54H2,1-8H3/q+1/t58-,59+/m0/s1. The Kier molecular flexibility index (Phi) is 40.9. The number of carbonyl (C=O) groups is 3. The molecule has 2 rings (SSSR count). The number of rotatable bonds is 50.